The standard InChI is InChI=1S/C12H16N2O5S/c1-20(17,18)11-6-2-5-10(12(11)14(15)16)13-9-4-3-7-19-8-9/h2,5-6,9,13H,3-4,7-8H2,1H3. The molecule has 1 aliphatic heterocycles. The third-order valence-electron chi connectivity index (χ3n) is 3.10. The van der Waals surface area contributed by atoms with Crippen LogP contribution >= 0.6 is 0 Å². The van der Waals surface area contributed by atoms with Gasteiger partial charge in [-0.15, -0.1) is 0 Å². The van der Waals surface area contributed by atoms with Crippen LogP contribution in [-0.4, -0.2) is 38.9 Å². The van der Waals surface area contributed by atoms with Crippen molar-refractivity contribution >= 4 is 21.2 Å². The number of ether oxygens (including phenoxy) is 1. The maximum atomic E-state index is 11.6. The van der Waals surface area contributed by atoms with Gasteiger partial charge in [-0.2, -0.15) is 0 Å². The molecule has 1 unspecified atom stereocenters. The van der Waals surface area contributed by atoms with E-state index < -0.39 is 20.4 Å². The molecule has 1 aliphatic rings. The molecule has 1 N–H and O–H groups in total. The summed E-state index contributed by atoms with van der Waals surface area (Å²) in [6.45, 7) is 1.14. The number of hydrogen-bond donors (Lipinski definition) is 1. The van der Waals surface area contributed by atoms with Crippen molar-refractivity contribution in [3.63, 3.8) is 0 Å². The SMILES string of the molecule is CS(=O)(=O)c1cccc(NC2CCCOC2)c1[N+](=O)[O-]. The van der Waals surface area contributed by atoms with Gasteiger partial charge in [-0.25, -0.2) is 8.42 Å². The Morgan fingerprint density at radius 3 is 2.75 bits per heavy atom. The lowest BCUT2D eigenvalue weighted by Gasteiger charge is -2.24. The molecule has 0 saturated carbocycles. The molecule has 1 aromatic carbocycles. The van der Waals surface area contributed by atoms with E-state index in [2.05, 4.69) is 5.32 Å². The highest BCUT2D eigenvalue weighted by Crippen LogP contribution is 2.32. The van der Waals surface area contributed by atoms with Crippen molar-refractivity contribution in [2.24, 2.45) is 0 Å². The van der Waals surface area contributed by atoms with Crippen molar-refractivity contribution in [3.8, 4) is 0 Å². The van der Waals surface area contributed by atoms with E-state index in [4.69, 9.17) is 4.74 Å². The van der Waals surface area contributed by atoms with Crippen LogP contribution in [0.3, 0.4) is 0 Å². The first-order valence-corrected chi connectivity index (χ1v) is 8.10. The lowest BCUT2D eigenvalue weighted by Crippen LogP contribution is -2.30. The van der Waals surface area contributed by atoms with Crippen LogP contribution in [0.1, 0.15) is 12.8 Å². The summed E-state index contributed by atoms with van der Waals surface area (Å²) < 4.78 is 28.6. The Hall–Kier alpha value is -1.67. The number of rotatable bonds is 4. The number of nitrogens with zero attached hydrogens (tertiary/aromatic N) is 1. The maximum absolute atomic E-state index is 11.6. The fraction of sp³-hybridized carbons (Fsp3) is 0.500. The third kappa shape index (κ3) is 3.26. The maximum Gasteiger partial charge on any atom is 0.310 e. The van der Waals surface area contributed by atoms with Crippen LogP contribution < -0.4 is 5.32 Å². The Kier molecular flexibility index (Phi) is 4.24. The second-order valence-corrected chi connectivity index (χ2v) is 6.72. The molecule has 1 saturated heterocycles. The molecule has 0 aromatic heterocycles. The van der Waals surface area contributed by atoms with Gasteiger partial charge in [-0.3, -0.25) is 10.1 Å². The molecule has 1 heterocycles. The van der Waals surface area contributed by atoms with Crippen LogP contribution in [0.4, 0.5) is 11.4 Å². The van der Waals surface area contributed by atoms with E-state index in [-0.39, 0.29) is 16.6 Å². The monoisotopic (exact) mass is 300 g/mol. The number of benzene rings is 1. The molecule has 0 aliphatic carbocycles. The summed E-state index contributed by atoms with van der Waals surface area (Å²) in [5, 5.41) is 14.2. The van der Waals surface area contributed by atoms with Gasteiger partial charge in [0.2, 0.25) is 0 Å². The van der Waals surface area contributed by atoms with Gasteiger partial charge in [0, 0.05) is 18.9 Å². The summed E-state index contributed by atoms with van der Waals surface area (Å²) in [4.78, 5) is 10.3. The lowest BCUT2D eigenvalue weighted by molar-refractivity contribution is -0.386. The first kappa shape index (κ1) is 14.7. The highest BCUT2D eigenvalue weighted by Gasteiger charge is 2.27. The summed E-state index contributed by atoms with van der Waals surface area (Å²) >= 11 is 0. The molecule has 2 rings (SSSR count). The molecule has 0 radical (unpaired) electrons. The van der Waals surface area contributed by atoms with Crippen LogP contribution in [0.2, 0.25) is 0 Å². The Morgan fingerprint density at radius 1 is 1.45 bits per heavy atom. The van der Waals surface area contributed by atoms with Crippen LogP contribution in [0.15, 0.2) is 23.1 Å². The molecule has 110 valence electrons. The second-order valence-electron chi connectivity index (χ2n) is 4.74. The summed E-state index contributed by atoms with van der Waals surface area (Å²) in [6, 6.07) is 4.21. The molecule has 1 fully saturated rings. The van der Waals surface area contributed by atoms with Crippen molar-refractivity contribution in [1.82, 2.24) is 0 Å². The Labute approximate surface area is 117 Å². The minimum atomic E-state index is -3.65. The van der Waals surface area contributed by atoms with Gasteiger partial charge in [0.1, 0.15) is 10.6 Å². The van der Waals surface area contributed by atoms with E-state index in [1.807, 2.05) is 0 Å². The molecule has 0 amide bonds. The smallest absolute Gasteiger partial charge is 0.310 e. The second kappa shape index (κ2) is 5.76. The van der Waals surface area contributed by atoms with Crippen LogP contribution in [0.5, 0.6) is 0 Å². The van der Waals surface area contributed by atoms with Crippen molar-refractivity contribution in [2.75, 3.05) is 24.8 Å². The van der Waals surface area contributed by atoms with Gasteiger partial charge in [0.15, 0.2) is 9.84 Å². The quantitative estimate of drug-likeness (QED) is 0.669. The number of nitro benzene ring substituents is 1. The van der Waals surface area contributed by atoms with E-state index in [9.17, 15) is 18.5 Å². The van der Waals surface area contributed by atoms with Crippen LogP contribution in [0, 0.1) is 10.1 Å². The van der Waals surface area contributed by atoms with Crippen molar-refractivity contribution in [2.45, 2.75) is 23.8 Å². The van der Waals surface area contributed by atoms with Crippen molar-refractivity contribution in [3.05, 3.63) is 28.3 Å². The minimum Gasteiger partial charge on any atom is -0.379 e. The molecule has 1 atom stereocenters. The predicted octanol–water partition coefficient (Wildman–Crippen LogP) is 1.59. The van der Waals surface area contributed by atoms with Crippen LogP contribution in [0.25, 0.3) is 0 Å². The zero-order valence-corrected chi connectivity index (χ0v) is 11.9. The fourth-order valence-corrected chi connectivity index (χ4v) is 3.06. The average Bonchev–Trinajstić information content (AvgIpc) is 2.38. The van der Waals surface area contributed by atoms with Gasteiger partial charge in [-0.1, -0.05) is 6.07 Å². The van der Waals surface area contributed by atoms with E-state index in [0.29, 0.717) is 13.2 Å². The van der Waals surface area contributed by atoms with Crippen LogP contribution in [-0.2, 0) is 14.6 Å². The highest BCUT2D eigenvalue weighted by atomic mass is 32.2. The molecule has 0 bridgehead atoms. The number of nitrogens with one attached hydrogen (secondary N) is 1. The third-order valence-corrected chi connectivity index (χ3v) is 4.23. The zero-order valence-electron chi connectivity index (χ0n) is 11.0. The summed E-state index contributed by atoms with van der Waals surface area (Å²) in [6.07, 6.45) is 2.67. The number of anilines is 1. The van der Waals surface area contributed by atoms with Gasteiger partial charge in [-0.05, 0) is 25.0 Å². The number of hydrogen-bond acceptors (Lipinski definition) is 6. The molecule has 8 heteroatoms. The zero-order chi connectivity index (χ0) is 14.8. The lowest BCUT2D eigenvalue weighted by atomic mass is 10.1. The minimum absolute atomic E-state index is 0.0442. The highest BCUT2D eigenvalue weighted by molar-refractivity contribution is 7.90. The fourth-order valence-electron chi connectivity index (χ4n) is 2.20. The summed E-state index contributed by atoms with van der Waals surface area (Å²) in [7, 11) is -3.65. The van der Waals surface area contributed by atoms with E-state index >= 15 is 0 Å². The molecular formula is C12H16N2O5S. The number of nitro groups is 1. The first-order valence-electron chi connectivity index (χ1n) is 6.21. The topological polar surface area (TPSA) is 98.5 Å². The molecule has 7 nitrogen and oxygen atoms in total. The molecule has 1 aromatic rings. The first-order chi connectivity index (χ1) is 9.39. The van der Waals surface area contributed by atoms with E-state index in [0.717, 1.165) is 19.1 Å². The van der Waals surface area contributed by atoms with E-state index in [1.165, 1.54) is 18.2 Å². The molecule has 0 spiro atoms. The summed E-state index contributed by atoms with van der Waals surface area (Å²) in [5.74, 6) is 0. The number of para-hydroxylation sites is 1. The van der Waals surface area contributed by atoms with Gasteiger partial charge in [0.25, 0.3) is 0 Å². The predicted molar refractivity (Wildman–Crippen MR) is 73.7 cm³/mol. The Morgan fingerprint density at radius 2 is 2.20 bits per heavy atom. The average molecular weight is 300 g/mol. The van der Waals surface area contributed by atoms with Crippen molar-refractivity contribution < 1.29 is 18.1 Å². The van der Waals surface area contributed by atoms with Gasteiger partial charge < -0.3 is 10.1 Å². The van der Waals surface area contributed by atoms with Gasteiger partial charge >= 0.3 is 5.69 Å². The van der Waals surface area contributed by atoms with E-state index in [1.54, 1.807) is 0 Å². The summed E-state index contributed by atoms with van der Waals surface area (Å²) in [5.41, 5.74) is -0.186. The molecule has 20 heavy (non-hydrogen) atoms. The molecular weight excluding hydrogens is 284 g/mol. The largest absolute Gasteiger partial charge is 0.379 e. The Bertz CT molecular complexity index is 608. The van der Waals surface area contributed by atoms with Crippen molar-refractivity contribution in [1.29, 1.82) is 0 Å². The number of sulfone groups is 1. The van der Waals surface area contributed by atoms with Gasteiger partial charge in [0.05, 0.1) is 11.5 Å². The Balaban J connectivity index is 2.39. The normalized spacial score (nSPS) is 19.6.